The summed E-state index contributed by atoms with van der Waals surface area (Å²) < 4.78 is 0. The third-order valence-electron chi connectivity index (χ3n) is 1.94. The molecule has 1 aliphatic carbocycles. The highest BCUT2D eigenvalue weighted by Crippen LogP contribution is 2.10. The SMILES string of the molecule is O=C(CCCCCBr)C1=C=CC=C1. The van der Waals surface area contributed by atoms with Gasteiger partial charge in [0.05, 0.1) is 5.57 Å². The number of hydrogen-bond acceptors (Lipinski definition) is 1. The number of ketones is 1. The Morgan fingerprint density at radius 2 is 2.23 bits per heavy atom. The van der Waals surface area contributed by atoms with E-state index in [1.165, 1.54) is 0 Å². The number of Topliss-reactive ketones (excluding diaryl/α,β-unsaturated/α-hetero) is 1. The lowest BCUT2D eigenvalue weighted by atomic mass is 10.1. The molecular weight excluding hydrogens is 228 g/mol. The van der Waals surface area contributed by atoms with Crippen molar-refractivity contribution in [3.05, 3.63) is 29.5 Å². The highest BCUT2D eigenvalue weighted by Gasteiger charge is 2.06. The van der Waals surface area contributed by atoms with Crippen molar-refractivity contribution in [2.75, 3.05) is 5.33 Å². The Balaban J connectivity index is 2.19. The normalized spacial score (nSPS) is 13.5. The number of hydrogen-bond donors (Lipinski definition) is 0. The summed E-state index contributed by atoms with van der Waals surface area (Å²) in [5, 5.41) is 1.03. The van der Waals surface area contributed by atoms with Crippen LogP contribution in [0.1, 0.15) is 25.7 Å². The lowest BCUT2D eigenvalue weighted by Crippen LogP contribution is -1.98. The number of carbonyl (C=O) groups is 1. The zero-order valence-corrected chi connectivity index (χ0v) is 9.14. The number of unbranched alkanes of at least 4 members (excludes halogenated alkanes) is 2. The maximum Gasteiger partial charge on any atom is 0.170 e. The zero-order valence-electron chi connectivity index (χ0n) is 7.55. The number of rotatable bonds is 6. The van der Waals surface area contributed by atoms with Crippen molar-refractivity contribution in [1.29, 1.82) is 0 Å². The van der Waals surface area contributed by atoms with E-state index in [0.29, 0.717) is 6.42 Å². The Bertz CT molecular complexity index is 270. The fraction of sp³-hybridized carbons (Fsp3) is 0.455. The van der Waals surface area contributed by atoms with Gasteiger partial charge in [0.1, 0.15) is 0 Å². The van der Waals surface area contributed by atoms with Gasteiger partial charge in [0.2, 0.25) is 0 Å². The van der Waals surface area contributed by atoms with E-state index in [1.54, 1.807) is 6.08 Å². The van der Waals surface area contributed by atoms with E-state index in [9.17, 15) is 4.79 Å². The van der Waals surface area contributed by atoms with E-state index >= 15 is 0 Å². The zero-order chi connectivity index (χ0) is 9.52. The van der Waals surface area contributed by atoms with Crippen LogP contribution in [0.3, 0.4) is 0 Å². The third kappa shape index (κ3) is 3.75. The van der Waals surface area contributed by atoms with Gasteiger partial charge in [0.15, 0.2) is 5.78 Å². The molecule has 0 N–H and O–H groups in total. The van der Waals surface area contributed by atoms with Crippen LogP contribution in [0.2, 0.25) is 0 Å². The smallest absolute Gasteiger partial charge is 0.170 e. The molecule has 0 saturated carbocycles. The average Bonchev–Trinajstić information content (AvgIpc) is 2.65. The number of alkyl halides is 1. The molecule has 0 amide bonds. The first kappa shape index (κ1) is 10.5. The number of halogens is 1. The molecule has 0 aliphatic heterocycles. The molecule has 0 heterocycles. The highest BCUT2D eigenvalue weighted by atomic mass is 79.9. The predicted molar refractivity (Wildman–Crippen MR) is 58.0 cm³/mol. The maximum atomic E-state index is 11.4. The van der Waals surface area contributed by atoms with Crippen LogP contribution < -0.4 is 0 Å². The maximum absolute atomic E-state index is 11.4. The van der Waals surface area contributed by atoms with Crippen molar-refractivity contribution >= 4 is 21.7 Å². The molecule has 0 aromatic carbocycles. The van der Waals surface area contributed by atoms with E-state index in [2.05, 4.69) is 21.7 Å². The fourth-order valence-corrected chi connectivity index (χ4v) is 1.59. The van der Waals surface area contributed by atoms with Gasteiger partial charge in [-0.05, 0) is 25.0 Å². The number of allylic oxidation sites excluding steroid dienone is 3. The van der Waals surface area contributed by atoms with E-state index in [-0.39, 0.29) is 5.78 Å². The molecule has 0 radical (unpaired) electrons. The van der Waals surface area contributed by atoms with Gasteiger partial charge in [0, 0.05) is 11.8 Å². The van der Waals surface area contributed by atoms with Crippen LogP contribution in [0.5, 0.6) is 0 Å². The highest BCUT2D eigenvalue weighted by molar-refractivity contribution is 9.09. The molecule has 0 spiro atoms. The summed E-state index contributed by atoms with van der Waals surface area (Å²) in [7, 11) is 0. The predicted octanol–water partition coefficient (Wildman–Crippen LogP) is 3.16. The van der Waals surface area contributed by atoms with Crippen LogP contribution in [0.4, 0.5) is 0 Å². The van der Waals surface area contributed by atoms with Gasteiger partial charge in [-0.1, -0.05) is 28.4 Å². The van der Waals surface area contributed by atoms with E-state index in [1.807, 2.05) is 12.2 Å². The van der Waals surface area contributed by atoms with Crippen molar-refractivity contribution < 1.29 is 4.79 Å². The van der Waals surface area contributed by atoms with Gasteiger partial charge in [-0.15, -0.1) is 5.73 Å². The molecule has 70 valence electrons. The molecular formula is C11H13BrO. The van der Waals surface area contributed by atoms with Gasteiger partial charge in [-0.2, -0.15) is 0 Å². The van der Waals surface area contributed by atoms with Gasteiger partial charge >= 0.3 is 0 Å². The second kappa shape index (κ2) is 5.95. The minimum absolute atomic E-state index is 0.222. The van der Waals surface area contributed by atoms with E-state index < -0.39 is 0 Å². The Morgan fingerprint density at radius 1 is 1.38 bits per heavy atom. The molecule has 0 saturated heterocycles. The first-order valence-corrected chi connectivity index (χ1v) is 5.69. The Labute approximate surface area is 87.3 Å². The third-order valence-corrected chi connectivity index (χ3v) is 2.50. The van der Waals surface area contributed by atoms with Crippen LogP contribution in [0.25, 0.3) is 0 Å². The van der Waals surface area contributed by atoms with Gasteiger partial charge < -0.3 is 0 Å². The van der Waals surface area contributed by atoms with Crippen molar-refractivity contribution in [2.45, 2.75) is 25.7 Å². The lowest BCUT2D eigenvalue weighted by molar-refractivity contribution is -0.115. The second-order valence-electron chi connectivity index (χ2n) is 3.01. The Hall–Kier alpha value is -0.590. The topological polar surface area (TPSA) is 17.1 Å². The van der Waals surface area contributed by atoms with Crippen molar-refractivity contribution in [3.8, 4) is 0 Å². The Morgan fingerprint density at radius 3 is 2.85 bits per heavy atom. The first-order valence-electron chi connectivity index (χ1n) is 4.57. The quantitative estimate of drug-likeness (QED) is 0.396. The van der Waals surface area contributed by atoms with Crippen LogP contribution in [-0.2, 0) is 4.79 Å². The number of carbonyl (C=O) groups excluding carboxylic acids is 1. The van der Waals surface area contributed by atoms with Crippen LogP contribution in [0, 0.1) is 0 Å². The van der Waals surface area contributed by atoms with Crippen molar-refractivity contribution in [3.63, 3.8) is 0 Å². The molecule has 0 fully saturated rings. The molecule has 0 aromatic heterocycles. The van der Waals surface area contributed by atoms with E-state index in [0.717, 1.165) is 30.2 Å². The molecule has 0 atom stereocenters. The minimum atomic E-state index is 0.222. The molecule has 2 heteroatoms. The largest absolute Gasteiger partial charge is 0.293 e. The summed E-state index contributed by atoms with van der Waals surface area (Å²) in [6.45, 7) is 0. The monoisotopic (exact) mass is 240 g/mol. The molecule has 1 aliphatic rings. The molecule has 13 heavy (non-hydrogen) atoms. The van der Waals surface area contributed by atoms with Crippen molar-refractivity contribution in [1.82, 2.24) is 0 Å². The van der Waals surface area contributed by atoms with Crippen molar-refractivity contribution in [2.24, 2.45) is 0 Å². The van der Waals surface area contributed by atoms with Crippen LogP contribution >= 0.6 is 15.9 Å². The summed E-state index contributed by atoms with van der Waals surface area (Å²) in [5.41, 5.74) is 3.65. The molecule has 0 unspecified atom stereocenters. The van der Waals surface area contributed by atoms with Crippen LogP contribution in [0.15, 0.2) is 29.5 Å². The standard InChI is InChI=1S/C11H13BrO/c12-9-5-1-2-8-11(13)10-6-3-4-7-10/h3-4,6H,1-2,5,8-9H2. The van der Waals surface area contributed by atoms with Gasteiger partial charge in [-0.25, -0.2) is 0 Å². The minimum Gasteiger partial charge on any atom is -0.293 e. The summed E-state index contributed by atoms with van der Waals surface area (Å²) in [5.74, 6) is 0.222. The first-order chi connectivity index (χ1) is 6.34. The Kier molecular flexibility index (Phi) is 4.81. The summed E-state index contributed by atoms with van der Waals surface area (Å²) in [4.78, 5) is 11.4. The van der Waals surface area contributed by atoms with E-state index in [4.69, 9.17) is 0 Å². The summed E-state index contributed by atoms with van der Waals surface area (Å²) >= 11 is 3.36. The van der Waals surface area contributed by atoms with Gasteiger partial charge in [0.25, 0.3) is 0 Å². The summed E-state index contributed by atoms with van der Waals surface area (Å²) in [6, 6.07) is 0. The van der Waals surface area contributed by atoms with Crippen LogP contribution in [-0.4, -0.2) is 11.1 Å². The lowest BCUT2D eigenvalue weighted by Gasteiger charge is -1.97. The fourth-order valence-electron chi connectivity index (χ4n) is 1.20. The van der Waals surface area contributed by atoms with Gasteiger partial charge in [-0.3, -0.25) is 4.79 Å². The second-order valence-corrected chi connectivity index (χ2v) is 3.80. The molecule has 0 aromatic rings. The molecule has 1 rings (SSSR count). The summed E-state index contributed by atoms with van der Waals surface area (Å²) in [6.07, 6.45) is 9.39. The molecule has 0 bridgehead atoms. The molecule has 1 nitrogen and oxygen atoms in total. The average molecular weight is 241 g/mol.